The van der Waals surface area contributed by atoms with E-state index in [0.29, 0.717) is 5.69 Å². The third-order valence-corrected chi connectivity index (χ3v) is 0.627. The van der Waals surface area contributed by atoms with Crippen LogP contribution in [-0.2, 0) is 6.61 Å². The zero-order valence-electron chi connectivity index (χ0n) is 4.03. The van der Waals surface area contributed by atoms with Crippen LogP contribution in [0.25, 0.3) is 0 Å². The van der Waals surface area contributed by atoms with Crippen LogP contribution in [0.2, 0.25) is 0 Å². The van der Waals surface area contributed by atoms with Crippen molar-refractivity contribution in [2.45, 2.75) is 6.61 Å². The number of aromatic amines is 1. The lowest BCUT2D eigenvalue weighted by atomic mass is 10.5. The monoisotopic (exact) mass is 135 g/mol. The number of aliphatic hydroxyl groups excluding tert-OH is 1. The van der Waals surface area contributed by atoms with Crippen LogP contribution in [0.15, 0.2) is 6.20 Å². The molecule has 0 amide bonds. The van der Waals surface area contributed by atoms with E-state index in [9.17, 15) is 0 Å². The minimum absolute atomic E-state index is 0. The van der Waals surface area contributed by atoms with Crippen LogP contribution in [0.1, 0.15) is 5.69 Å². The van der Waals surface area contributed by atoms with Gasteiger partial charge in [0.05, 0.1) is 12.8 Å². The molecule has 0 spiro atoms. The van der Waals surface area contributed by atoms with Gasteiger partial charge in [0.1, 0.15) is 5.69 Å². The summed E-state index contributed by atoms with van der Waals surface area (Å²) < 4.78 is 0. The Morgan fingerprint density at radius 1 is 1.75 bits per heavy atom. The molecule has 4 nitrogen and oxygen atoms in total. The highest BCUT2D eigenvalue weighted by molar-refractivity contribution is 5.85. The van der Waals surface area contributed by atoms with E-state index in [1.807, 2.05) is 0 Å². The first-order chi connectivity index (χ1) is 3.43. The molecule has 46 valence electrons. The maximum absolute atomic E-state index is 8.30. The number of halogens is 1. The number of rotatable bonds is 1. The van der Waals surface area contributed by atoms with Gasteiger partial charge in [-0.2, -0.15) is 15.4 Å². The van der Waals surface area contributed by atoms with Crippen molar-refractivity contribution in [3.63, 3.8) is 0 Å². The van der Waals surface area contributed by atoms with Crippen LogP contribution in [0.4, 0.5) is 0 Å². The maximum Gasteiger partial charge on any atom is 0.108 e. The van der Waals surface area contributed by atoms with E-state index in [-0.39, 0.29) is 19.0 Å². The van der Waals surface area contributed by atoms with Crippen LogP contribution in [0.5, 0.6) is 0 Å². The largest absolute Gasteiger partial charge is 0.390 e. The Morgan fingerprint density at radius 2 is 2.50 bits per heavy atom. The standard InChI is InChI=1S/C3H5N3O.ClH/c7-2-3-1-4-6-5-3;/h1,7H,2H2,(H,4,5,6);1H. The summed E-state index contributed by atoms with van der Waals surface area (Å²) in [7, 11) is 0. The van der Waals surface area contributed by atoms with Crippen LogP contribution in [-0.4, -0.2) is 20.5 Å². The van der Waals surface area contributed by atoms with Crippen LogP contribution in [0.3, 0.4) is 0 Å². The van der Waals surface area contributed by atoms with Gasteiger partial charge in [-0.15, -0.1) is 12.4 Å². The number of H-pyrrole nitrogens is 1. The van der Waals surface area contributed by atoms with Gasteiger partial charge in [-0.25, -0.2) is 0 Å². The molecule has 5 heteroatoms. The first-order valence-corrected chi connectivity index (χ1v) is 1.89. The lowest BCUT2D eigenvalue weighted by molar-refractivity contribution is 0.276. The minimum Gasteiger partial charge on any atom is -0.390 e. The summed E-state index contributed by atoms with van der Waals surface area (Å²) >= 11 is 0. The average molecular weight is 136 g/mol. The number of hydrogen-bond donors (Lipinski definition) is 2. The highest BCUT2D eigenvalue weighted by atomic mass is 35.5. The van der Waals surface area contributed by atoms with Gasteiger partial charge in [0.2, 0.25) is 0 Å². The Labute approximate surface area is 52.3 Å². The fourth-order valence-electron chi connectivity index (χ4n) is 0.302. The second-order valence-corrected chi connectivity index (χ2v) is 1.12. The molecule has 2 N–H and O–H groups in total. The van der Waals surface area contributed by atoms with Gasteiger partial charge in [0.25, 0.3) is 0 Å². The smallest absolute Gasteiger partial charge is 0.108 e. The third-order valence-electron chi connectivity index (χ3n) is 0.627. The average Bonchev–Trinajstić information content (AvgIpc) is 2.14. The first-order valence-electron chi connectivity index (χ1n) is 1.89. The molecule has 0 unspecified atom stereocenters. The highest BCUT2D eigenvalue weighted by Crippen LogP contribution is 1.83. The third kappa shape index (κ3) is 1.48. The number of hydrogen-bond acceptors (Lipinski definition) is 3. The number of aliphatic hydroxyl groups is 1. The summed E-state index contributed by atoms with van der Waals surface area (Å²) in [6.07, 6.45) is 1.47. The van der Waals surface area contributed by atoms with E-state index in [4.69, 9.17) is 5.11 Å². The molecule has 0 aliphatic carbocycles. The molecular weight excluding hydrogens is 130 g/mol. The maximum atomic E-state index is 8.30. The predicted molar refractivity (Wildman–Crippen MR) is 29.6 cm³/mol. The predicted octanol–water partition coefficient (Wildman–Crippen LogP) is -0.281. The molecular formula is C3H6ClN3O. The number of nitrogens with zero attached hydrogens (tertiary/aromatic N) is 2. The Morgan fingerprint density at radius 3 is 2.75 bits per heavy atom. The fourth-order valence-corrected chi connectivity index (χ4v) is 0.302. The van der Waals surface area contributed by atoms with E-state index in [1.54, 1.807) is 0 Å². The van der Waals surface area contributed by atoms with Crippen LogP contribution < -0.4 is 0 Å². The normalized spacial score (nSPS) is 8.12. The van der Waals surface area contributed by atoms with Crippen LogP contribution >= 0.6 is 12.4 Å². The zero-order valence-corrected chi connectivity index (χ0v) is 4.85. The van der Waals surface area contributed by atoms with Crippen molar-refractivity contribution < 1.29 is 5.11 Å². The van der Waals surface area contributed by atoms with Crippen molar-refractivity contribution in [1.82, 2.24) is 15.4 Å². The van der Waals surface area contributed by atoms with Gasteiger partial charge < -0.3 is 5.11 Å². The lowest BCUT2D eigenvalue weighted by Gasteiger charge is -1.75. The van der Waals surface area contributed by atoms with E-state index >= 15 is 0 Å². The molecule has 0 bridgehead atoms. The second kappa shape index (κ2) is 3.40. The summed E-state index contributed by atoms with van der Waals surface area (Å²) in [4.78, 5) is 0. The van der Waals surface area contributed by atoms with Gasteiger partial charge in [0, 0.05) is 0 Å². The van der Waals surface area contributed by atoms with Gasteiger partial charge in [-0.05, 0) is 0 Å². The number of nitrogens with one attached hydrogen (secondary N) is 1. The van der Waals surface area contributed by atoms with Crippen molar-refractivity contribution in [1.29, 1.82) is 0 Å². The molecule has 1 heterocycles. The molecule has 0 atom stereocenters. The SMILES string of the molecule is Cl.OCc1cn[nH]n1. The van der Waals surface area contributed by atoms with E-state index in [0.717, 1.165) is 0 Å². The minimum atomic E-state index is -0.0451. The Balaban J connectivity index is 0.000000490. The number of aromatic nitrogens is 3. The molecule has 0 saturated heterocycles. The quantitative estimate of drug-likeness (QED) is 0.557. The highest BCUT2D eigenvalue weighted by Gasteiger charge is 1.86. The summed E-state index contributed by atoms with van der Waals surface area (Å²) in [6.45, 7) is -0.0451. The zero-order chi connectivity index (χ0) is 5.11. The molecule has 0 aromatic carbocycles. The summed E-state index contributed by atoms with van der Waals surface area (Å²) in [5, 5.41) is 17.7. The fraction of sp³-hybridized carbons (Fsp3) is 0.333. The Kier molecular flexibility index (Phi) is 3.14. The molecule has 0 radical (unpaired) electrons. The Hall–Kier alpha value is -0.610. The molecule has 0 aliphatic heterocycles. The molecule has 1 aromatic rings. The molecule has 0 aliphatic rings. The molecule has 0 fully saturated rings. The van der Waals surface area contributed by atoms with Crippen molar-refractivity contribution >= 4 is 12.4 Å². The van der Waals surface area contributed by atoms with Crippen molar-refractivity contribution in [2.24, 2.45) is 0 Å². The van der Waals surface area contributed by atoms with E-state index in [2.05, 4.69) is 15.4 Å². The summed E-state index contributed by atoms with van der Waals surface area (Å²) in [5.41, 5.74) is 0.569. The Bertz CT molecular complexity index is 129. The summed E-state index contributed by atoms with van der Waals surface area (Å²) in [5.74, 6) is 0. The van der Waals surface area contributed by atoms with E-state index in [1.165, 1.54) is 6.20 Å². The topological polar surface area (TPSA) is 61.8 Å². The molecule has 1 rings (SSSR count). The van der Waals surface area contributed by atoms with Crippen molar-refractivity contribution in [3.8, 4) is 0 Å². The molecule has 0 saturated carbocycles. The second-order valence-electron chi connectivity index (χ2n) is 1.12. The van der Waals surface area contributed by atoms with Crippen molar-refractivity contribution in [2.75, 3.05) is 0 Å². The van der Waals surface area contributed by atoms with Gasteiger partial charge >= 0.3 is 0 Å². The van der Waals surface area contributed by atoms with E-state index < -0.39 is 0 Å². The van der Waals surface area contributed by atoms with Gasteiger partial charge in [0.15, 0.2) is 0 Å². The first kappa shape index (κ1) is 7.39. The van der Waals surface area contributed by atoms with Gasteiger partial charge in [-0.1, -0.05) is 0 Å². The van der Waals surface area contributed by atoms with Crippen LogP contribution in [0, 0.1) is 0 Å². The summed E-state index contributed by atoms with van der Waals surface area (Å²) in [6, 6.07) is 0. The molecule has 8 heavy (non-hydrogen) atoms. The molecule has 1 aromatic heterocycles. The van der Waals surface area contributed by atoms with Crippen molar-refractivity contribution in [3.05, 3.63) is 11.9 Å². The van der Waals surface area contributed by atoms with Gasteiger partial charge in [-0.3, -0.25) is 0 Å². The lowest BCUT2D eigenvalue weighted by Crippen LogP contribution is -1.79.